The minimum atomic E-state index is 0.736. The van der Waals surface area contributed by atoms with Gasteiger partial charge in [0.05, 0.1) is 5.57 Å². The fraction of sp³-hybridized carbons (Fsp3) is 0. The number of thiol groups is 2. The molecule has 140 valence electrons. The van der Waals surface area contributed by atoms with Gasteiger partial charge in [0, 0.05) is 22.3 Å². The van der Waals surface area contributed by atoms with Gasteiger partial charge in [-0.1, -0.05) is 91.1 Å². The van der Waals surface area contributed by atoms with E-state index >= 15 is 0 Å². The minimum Gasteiger partial charge on any atom is -0.0918 e. The molecular formula is C28H16S2. The van der Waals surface area contributed by atoms with Gasteiger partial charge in [-0.3, -0.25) is 0 Å². The monoisotopic (exact) mass is 416 g/mol. The highest BCUT2D eigenvalue weighted by molar-refractivity contribution is 7.85. The number of benzene rings is 3. The van der Waals surface area contributed by atoms with Crippen molar-refractivity contribution in [1.82, 2.24) is 0 Å². The van der Waals surface area contributed by atoms with Crippen LogP contribution in [0, 0.1) is 46.0 Å². The molecule has 3 aromatic rings. The first-order valence-corrected chi connectivity index (χ1v) is 9.97. The SMILES string of the molecule is SC#Cc1ccc(C#CC(C#Cc2ccc(C#CS)cc2)=Cc2ccccc2)cc1. The lowest BCUT2D eigenvalue weighted by Gasteiger charge is -1.94. The Bertz CT molecular complexity index is 1200. The molecule has 0 aromatic heterocycles. The first kappa shape index (κ1) is 21.1. The van der Waals surface area contributed by atoms with Crippen molar-refractivity contribution in [3.8, 4) is 46.0 Å². The molecule has 30 heavy (non-hydrogen) atoms. The number of hydrogen-bond acceptors (Lipinski definition) is 2. The van der Waals surface area contributed by atoms with Crippen LogP contribution in [-0.2, 0) is 0 Å². The zero-order chi connectivity index (χ0) is 21.0. The van der Waals surface area contributed by atoms with E-state index in [-0.39, 0.29) is 0 Å². The molecule has 0 aliphatic rings. The van der Waals surface area contributed by atoms with Gasteiger partial charge in [0.25, 0.3) is 0 Å². The van der Waals surface area contributed by atoms with Gasteiger partial charge in [-0.05, 0) is 70.7 Å². The van der Waals surface area contributed by atoms with Crippen LogP contribution in [0.5, 0.6) is 0 Å². The molecule has 0 amide bonds. The summed E-state index contributed by atoms with van der Waals surface area (Å²) < 4.78 is 0. The second-order valence-electron chi connectivity index (χ2n) is 6.10. The highest BCUT2D eigenvalue weighted by Gasteiger charge is 1.93. The van der Waals surface area contributed by atoms with Crippen molar-refractivity contribution in [3.05, 3.63) is 112 Å². The van der Waals surface area contributed by atoms with Crippen molar-refractivity contribution in [3.63, 3.8) is 0 Å². The predicted molar refractivity (Wildman–Crippen MR) is 133 cm³/mol. The van der Waals surface area contributed by atoms with Crippen molar-refractivity contribution in [2.45, 2.75) is 0 Å². The van der Waals surface area contributed by atoms with Crippen LogP contribution in [0.2, 0.25) is 0 Å². The van der Waals surface area contributed by atoms with E-state index in [0.717, 1.165) is 33.4 Å². The third kappa shape index (κ3) is 6.74. The second kappa shape index (κ2) is 11.4. The Kier molecular flexibility index (Phi) is 7.98. The molecule has 0 heterocycles. The second-order valence-corrected chi connectivity index (χ2v) is 6.54. The van der Waals surface area contributed by atoms with Gasteiger partial charge in [0.15, 0.2) is 0 Å². The molecule has 0 spiro atoms. The van der Waals surface area contributed by atoms with Crippen LogP contribution >= 0.6 is 25.3 Å². The Balaban J connectivity index is 1.91. The van der Waals surface area contributed by atoms with Crippen LogP contribution in [0.4, 0.5) is 0 Å². The molecule has 0 aliphatic heterocycles. The highest BCUT2D eigenvalue weighted by Crippen LogP contribution is 2.08. The maximum Gasteiger partial charge on any atom is 0.0757 e. The van der Waals surface area contributed by atoms with E-state index in [1.807, 2.05) is 84.9 Å². The fourth-order valence-electron chi connectivity index (χ4n) is 2.50. The zero-order valence-corrected chi connectivity index (χ0v) is 17.8. The smallest absolute Gasteiger partial charge is 0.0757 e. The quantitative estimate of drug-likeness (QED) is 0.372. The lowest BCUT2D eigenvalue weighted by atomic mass is 10.1. The maximum absolute atomic E-state index is 3.92. The van der Waals surface area contributed by atoms with Crippen LogP contribution in [-0.4, -0.2) is 0 Å². The van der Waals surface area contributed by atoms with E-state index in [0.29, 0.717) is 0 Å². The average molecular weight is 417 g/mol. The third-order valence-corrected chi connectivity index (χ3v) is 4.19. The third-order valence-electron chi connectivity index (χ3n) is 3.96. The topological polar surface area (TPSA) is 0 Å². The first-order valence-electron chi connectivity index (χ1n) is 9.08. The molecule has 0 saturated heterocycles. The average Bonchev–Trinajstić information content (AvgIpc) is 2.79. The number of allylic oxidation sites excluding steroid dienone is 1. The Morgan fingerprint density at radius 2 is 0.933 bits per heavy atom. The molecule has 0 nitrogen and oxygen atoms in total. The minimum absolute atomic E-state index is 0.736. The first-order chi connectivity index (χ1) is 14.8. The number of rotatable bonds is 1. The molecule has 0 saturated carbocycles. The van der Waals surface area contributed by atoms with E-state index in [1.54, 1.807) is 0 Å². The van der Waals surface area contributed by atoms with Crippen molar-refractivity contribution < 1.29 is 0 Å². The lowest BCUT2D eigenvalue weighted by Crippen LogP contribution is -1.81. The zero-order valence-electron chi connectivity index (χ0n) is 16.0. The van der Waals surface area contributed by atoms with Crippen LogP contribution in [0.25, 0.3) is 6.08 Å². The van der Waals surface area contributed by atoms with Crippen LogP contribution in [0.1, 0.15) is 27.8 Å². The summed E-state index contributed by atoms with van der Waals surface area (Å²) in [5.74, 6) is 18.6. The van der Waals surface area contributed by atoms with Gasteiger partial charge in [-0.25, -0.2) is 0 Å². The molecule has 0 aliphatic carbocycles. The molecule has 2 heteroatoms. The van der Waals surface area contributed by atoms with E-state index in [4.69, 9.17) is 0 Å². The van der Waals surface area contributed by atoms with Gasteiger partial charge < -0.3 is 0 Å². The predicted octanol–water partition coefficient (Wildman–Crippen LogP) is 5.65. The van der Waals surface area contributed by atoms with E-state index in [9.17, 15) is 0 Å². The maximum atomic E-state index is 3.92. The normalized spacial score (nSPS) is 8.60. The molecule has 0 atom stereocenters. The summed E-state index contributed by atoms with van der Waals surface area (Å²) in [6, 6.07) is 25.5. The summed E-state index contributed by atoms with van der Waals surface area (Å²) >= 11 is 7.84. The summed E-state index contributed by atoms with van der Waals surface area (Å²) in [5, 5.41) is 5.19. The van der Waals surface area contributed by atoms with E-state index < -0.39 is 0 Å². The molecule has 0 N–H and O–H groups in total. The highest BCUT2D eigenvalue weighted by atomic mass is 32.1. The Morgan fingerprint density at radius 1 is 0.533 bits per heavy atom. The van der Waals surface area contributed by atoms with Crippen LogP contribution < -0.4 is 0 Å². The Morgan fingerprint density at radius 3 is 1.33 bits per heavy atom. The van der Waals surface area contributed by atoms with Crippen molar-refractivity contribution >= 4 is 31.3 Å². The number of hydrogen-bond donors (Lipinski definition) is 2. The molecule has 0 fully saturated rings. The van der Waals surface area contributed by atoms with Crippen molar-refractivity contribution in [2.75, 3.05) is 0 Å². The summed E-state index contributed by atoms with van der Waals surface area (Å²) in [6.45, 7) is 0. The molecular weight excluding hydrogens is 400 g/mol. The van der Waals surface area contributed by atoms with Gasteiger partial charge in [0.2, 0.25) is 0 Å². The van der Waals surface area contributed by atoms with Crippen molar-refractivity contribution in [2.24, 2.45) is 0 Å². The van der Waals surface area contributed by atoms with Gasteiger partial charge in [-0.2, -0.15) is 0 Å². The van der Waals surface area contributed by atoms with Crippen LogP contribution in [0.15, 0.2) is 84.4 Å². The summed E-state index contributed by atoms with van der Waals surface area (Å²) in [6.07, 6.45) is 1.99. The lowest BCUT2D eigenvalue weighted by molar-refractivity contribution is 1.60. The molecule has 3 rings (SSSR count). The van der Waals surface area contributed by atoms with E-state index in [2.05, 4.69) is 71.3 Å². The van der Waals surface area contributed by atoms with E-state index in [1.165, 1.54) is 0 Å². The fourth-order valence-corrected chi connectivity index (χ4v) is 2.76. The van der Waals surface area contributed by atoms with Gasteiger partial charge >= 0.3 is 0 Å². The Labute approximate surface area is 189 Å². The summed E-state index contributed by atoms with van der Waals surface area (Å²) in [7, 11) is 0. The molecule has 3 aromatic carbocycles. The molecule has 0 bridgehead atoms. The van der Waals surface area contributed by atoms with Gasteiger partial charge in [0.1, 0.15) is 0 Å². The van der Waals surface area contributed by atoms with Crippen LogP contribution in [0.3, 0.4) is 0 Å². The standard InChI is InChI=1S/C28H16S2/c29-20-18-25-10-6-23(7-11-25)14-16-28(22-27-4-2-1-3-5-27)17-15-24-8-12-26(13-9-24)19-21-30/h1-13,22,29-30H. The largest absolute Gasteiger partial charge is 0.0918 e. The molecule has 0 radical (unpaired) electrons. The van der Waals surface area contributed by atoms with Gasteiger partial charge in [-0.15, -0.1) is 0 Å². The summed E-state index contributed by atoms with van der Waals surface area (Å²) in [4.78, 5) is 0. The summed E-state index contributed by atoms with van der Waals surface area (Å²) in [5.41, 5.74) is 5.39. The molecule has 0 unspecified atom stereocenters. The van der Waals surface area contributed by atoms with Crippen molar-refractivity contribution in [1.29, 1.82) is 0 Å². The Hall–Kier alpha value is -3.66.